The Hall–Kier alpha value is -3.97. The molecule has 0 bridgehead atoms. The summed E-state index contributed by atoms with van der Waals surface area (Å²) in [5, 5.41) is 37.0. The number of aliphatic hydroxyl groups excluding tert-OH is 2. The number of hydrogen-bond acceptors (Lipinski definition) is 10. The fraction of sp³-hybridized carbons (Fsp3) is 0.308. The van der Waals surface area contributed by atoms with E-state index in [1.54, 1.807) is 0 Å². The number of tetrazole rings is 1. The fourth-order valence-corrected chi connectivity index (χ4v) is 4.97. The molecule has 2 unspecified atom stereocenters. The summed E-state index contributed by atoms with van der Waals surface area (Å²) in [7, 11) is 0. The number of fused-ring (bicyclic) bond motifs is 1. The smallest absolute Gasteiger partial charge is 0.226 e. The van der Waals surface area contributed by atoms with Crippen LogP contribution in [0.25, 0.3) is 11.2 Å². The summed E-state index contributed by atoms with van der Waals surface area (Å²) in [5.74, 6) is 0.661. The topological polar surface area (TPSA) is 149 Å². The number of halogens is 1. The third-order valence-corrected chi connectivity index (χ3v) is 6.96. The van der Waals surface area contributed by atoms with Crippen molar-refractivity contribution < 1.29 is 14.9 Å². The number of aliphatic hydroxyl groups is 2. The molecule has 0 saturated carbocycles. The van der Waals surface area contributed by atoms with Crippen molar-refractivity contribution in [3.63, 3.8) is 0 Å². The Bertz CT molecular complexity index is 1520. The van der Waals surface area contributed by atoms with Crippen LogP contribution in [0, 0.1) is 0 Å². The third-order valence-electron chi connectivity index (χ3n) is 6.79. The first-order chi connectivity index (χ1) is 19.0. The molecule has 0 amide bonds. The van der Waals surface area contributed by atoms with Gasteiger partial charge in [-0.2, -0.15) is 14.8 Å². The molecule has 13 heteroatoms. The second-order valence-electron chi connectivity index (χ2n) is 9.18. The number of aromatic nitrogens is 8. The van der Waals surface area contributed by atoms with Crippen LogP contribution in [0.1, 0.15) is 42.1 Å². The third kappa shape index (κ3) is 4.83. The Kier molecular flexibility index (Phi) is 6.92. The number of ether oxygens (including phenoxy) is 1. The molecule has 1 aliphatic rings. The monoisotopic (exact) mass is 547 g/mol. The van der Waals surface area contributed by atoms with E-state index in [9.17, 15) is 10.2 Å². The van der Waals surface area contributed by atoms with E-state index in [4.69, 9.17) is 16.3 Å². The van der Waals surface area contributed by atoms with Crippen molar-refractivity contribution in [3.8, 4) is 0 Å². The van der Waals surface area contributed by atoms with E-state index in [0.717, 1.165) is 11.1 Å². The molecule has 2 aromatic carbocycles. The predicted molar refractivity (Wildman–Crippen MR) is 142 cm³/mol. The van der Waals surface area contributed by atoms with Gasteiger partial charge in [-0.05, 0) is 34.9 Å². The van der Waals surface area contributed by atoms with Crippen LogP contribution in [0.15, 0.2) is 67.0 Å². The number of benzene rings is 2. The minimum absolute atomic E-state index is 0.000127. The van der Waals surface area contributed by atoms with Crippen LogP contribution >= 0.6 is 11.6 Å². The summed E-state index contributed by atoms with van der Waals surface area (Å²) >= 11 is 6.33. The summed E-state index contributed by atoms with van der Waals surface area (Å²) in [4.78, 5) is 14.6. The summed E-state index contributed by atoms with van der Waals surface area (Å²) in [6.45, 7) is 2.89. The van der Waals surface area contributed by atoms with Crippen LogP contribution < -0.4 is 5.32 Å². The molecular weight excluding hydrogens is 522 g/mol. The van der Waals surface area contributed by atoms with Crippen LogP contribution in [0.2, 0.25) is 5.28 Å². The Labute approximate surface area is 228 Å². The van der Waals surface area contributed by atoms with Crippen molar-refractivity contribution in [3.05, 3.63) is 89.2 Å². The quantitative estimate of drug-likeness (QED) is 0.247. The lowest BCUT2D eigenvalue weighted by atomic mass is 9.91. The minimum Gasteiger partial charge on any atom is -0.387 e. The first-order valence-corrected chi connectivity index (χ1v) is 12.9. The summed E-state index contributed by atoms with van der Waals surface area (Å²) in [6.07, 6.45) is -3.09. The van der Waals surface area contributed by atoms with Gasteiger partial charge in [-0.1, -0.05) is 60.7 Å². The van der Waals surface area contributed by atoms with Crippen LogP contribution in [-0.4, -0.2) is 68.7 Å². The van der Waals surface area contributed by atoms with Gasteiger partial charge in [-0.25, -0.2) is 4.98 Å². The van der Waals surface area contributed by atoms with Crippen LogP contribution in [0.5, 0.6) is 0 Å². The van der Waals surface area contributed by atoms with Gasteiger partial charge in [0.1, 0.15) is 12.2 Å². The molecule has 4 heterocycles. The lowest BCUT2D eigenvalue weighted by Gasteiger charge is -2.19. The molecule has 5 aromatic rings. The standard InChI is InChI=1S/C26H26ClN9O3/c1-2-36-33-23(32-34-36)21-19(37)20(38)25(39-21)35-14-29-18-22(30-26(27)31-24(18)35)28-13-17(15-9-5-3-6-10-15)16-11-7-4-8-12-16/h3-12,14,17,19-21,25,37-38H,2,13H2,1H3,(H,28,30,31)/t19-,20?,21-,25?/m0/s1. The molecule has 0 radical (unpaired) electrons. The van der Waals surface area contributed by atoms with Crippen molar-refractivity contribution in [1.29, 1.82) is 0 Å². The summed E-state index contributed by atoms with van der Waals surface area (Å²) < 4.78 is 7.52. The largest absolute Gasteiger partial charge is 0.387 e. The molecule has 0 aliphatic carbocycles. The highest BCUT2D eigenvalue weighted by molar-refractivity contribution is 6.28. The second-order valence-corrected chi connectivity index (χ2v) is 9.52. The van der Waals surface area contributed by atoms with Gasteiger partial charge in [0.05, 0.1) is 12.9 Å². The molecular formula is C26H26ClN9O3. The second kappa shape index (κ2) is 10.7. The zero-order chi connectivity index (χ0) is 26.9. The van der Waals surface area contributed by atoms with E-state index in [0.29, 0.717) is 30.1 Å². The number of imidazole rings is 1. The van der Waals surface area contributed by atoms with Crippen molar-refractivity contribution in [2.75, 3.05) is 11.9 Å². The molecule has 12 nitrogen and oxygen atoms in total. The predicted octanol–water partition coefficient (Wildman–Crippen LogP) is 2.72. The molecule has 6 rings (SSSR count). The SMILES string of the molecule is CCn1nnc([C@H]2OC(n3cnc4c(NCC(c5ccccc5)c5ccccc5)nc(Cl)nc43)C(O)[C@@H]2O)n1. The van der Waals surface area contributed by atoms with Crippen molar-refractivity contribution in [2.45, 2.75) is 43.9 Å². The molecule has 1 aliphatic heterocycles. The van der Waals surface area contributed by atoms with Crippen molar-refractivity contribution >= 4 is 28.6 Å². The number of anilines is 1. The van der Waals surface area contributed by atoms with Crippen LogP contribution in [0.4, 0.5) is 5.82 Å². The van der Waals surface area contributed by atoms with E-state index in [1.807, 2.05) is 43.3 Å². The maximum atomic E-state index is 10.9. The Morgan fingerprint density at radius 1 is 1.00 bits per heavy atom. The minimum atomic E-state index is -1.30. The average molecular weight is 548 g/mol. The molecule has 3 N–H and O–H groups in total. The molecule has 3 aromatic heterocycles. The maximum Gasteiger partial charge on any atom is 0.226 e. The van der Waals surface area contributed by atoms with Gasteiger partial charge in [0.15, 0.2) is 29.3 Å². The van der Waals surface area contributed by atoms with Crippen LogP contribution in [-0.2, 0) is 11.3 Å². The fourth-order valence-electron chi connectivity index (χ4n) is 4.80. The number of nitrogens with one attached hydrogen (secondary N) is 1. The number of rotatable bonds is 8. The highest BCUT2D eigenvalue weighted by atomic mass is 35.5. The number of aryl methyl sites for hydroxylation is 1. The van der Waals surface area contributed by atoms with Gasteiger partial charge >= 0.3 is 0 Å². The maximum absolute atomic E-state index is 10.9. The van der Waals surface area contributed by atoms with Gasteiger partial charge in [-0.15, -0.1) is 10.2 Å². The molecule has 39 heavy (non-hydrogen) atoms. The average Bonchev–Trinajstić information content (AvgIpc) is 3.68. The molecule has 0 spiro atoms. The highest BCUT2D eigenvalue weighted by Gasteiger charge is 2.47. The van der Waals surface area contributed by atoms with E-state index < -0.39 is 24.5 Å². The van der Waals surface area contributed by atoms with Gasteiger partial charge < -0.3 is 20.3 Å². The van der Waals surface area contributed by atoms with Gasteiger partial charge in [0, 0.05) is 12.5 Å². The van der Waals surface area contributed by atoms with Crippen LogP contribution in [0.3, 0.4) is 0 Å². The zero-order valence-electron chi connectivity index (χ0n) is 20.9. The van der Waals surface area contributed by atoms with E-state index in [2.05, 4.69) is 59.9 Å². The summed E-state index contributed by atoms with van der Waals surface area (Å²) in [5.41, 5.74) is 3.09. The lowest BCUT2D eigenvalue weighted by molar-refractivity contribution is -0.0384. The highest BCUT2D eigenvalue weighted by Crippen LogP contribution is 2.39. The van der Waals surface area contributed by atoms with E-state index in [1.165, 1.54) is 15.7 Å². The number of nitrogens with zero attached hydrogens (tertiary/aromatic N) is 8. The first-order valence-electron chi connectivity index (χ1n) is 12.6. The molecule has 1 saturated heterocycles. The Morgan fingerprint density at radius 3 is 2.33 bits per heavy atom. The lowest BCUT2D eigenvalue weighted by Crippen LogP contribution is -2.29. The summed E-state index contributed by atoms with van der Waals surface area (Å²) in [6, 6.07) is 20.4. The van der Waals surface area contributed by atoms with E-state index >= 15 is 0 Å². The van der Waals surface area contributed by atoms with E-state index in [-0.39, 0.29) is 17.0 Å². The first kappa shape index (κ1) is 25.3. The zero-order valence-corrected chi connectivity index (χ0v) is 21.7. The molecule has 1 fully saturated rings. The molecule has 200 valence electrons. The van der Waals surface area contributed by atoms with Gasteiger partial charge in [0.25, 0.3) is 0 Å². The molecule has 4 atom stereocenters. The number of hydrogen-bond donors (Lipinski definition) is 3. The Balaban J connectivity index is 1.30. The van der Waals surface area contributed by atoms with Crippen molar-refractivity contribution in [1.82, 2.24) is 39.7 Å². The normalized spacial score (nSPS) is 21.2. The van der Waals surface area contributed by atoms with Gasteiger partial charge in [0.2, 0.25) is 11.1 Å². The van der Waals surface area contributed by atoms with Crippen molar-refractivity contribution in [2.24, 2.45) is 0 Å². The Morgan fingerprint density at radius 2 is 1.69 bits per heavy atom. The van der Waals surface area contributed by atoms with Gasteiger partial charge in [-0.3, -0.25) is 4.57 Å².